The standard InChI is InChI=1S/C7H11.C3H6O3.2C3H8O.Ti/c1-3-5-7-6-4-2;1-2-6-3(4)5;2*1-3(2)4;/h1,5H,4,6-7H2,2H3;2H2,1H3,(H,4,5);2*3-4H,1-2H3;/q-1;;;;. The van der Waals surface area contributed by atoms with Gasteiger partial charge >= 0.3 is 6.16 Å². The van der Waals surface area contributed by atoms with Crippen molar-refractivity contribution >= 4 is 6.16 Å². The molecule has 0 atom stereocenters. The predicted molar refractivity (Wildman–Crippen MR) is 86.3 cm³/mol. The number of aliphatic hydroxyl groups excluding tert-OH is 2. The number of allylic oxidation sites excluding steroid dienone is 1. The first kappa shape index (κ1) is 33.1. The number of carbonyl (C=O) groups is 1. The third-order valence-corrected chi connectivity index (χ3v) is 1.09. The van der Waals surface area contributed by atoms with Crippen LogP contribution >= 0.6 is 0 Å². The molecule has 5 nitrogen and oxygen atoms in total. The molecule has 0 aliphatic carbocycles. The van der Waals surface area contributed by atoms with Crippen molar-refractivity contribution in [2.45, 2.75) is 73.0 Å². The smallest absolute Gasteiger partial charge is 0.450 e. The Morgan fingerprint density at radius 1 is 1.18 bits per heavy atom. The van der Waals surface area contributed by atoms with E-state index in [9.17, 15) is 4.79 Å². The summed E-state index contributed by atoms with van der Waals surface area (Å²) in [6, 6.07) is 0. The van der Waals surface area contributed by atoms with Crippen molar-refractivity contribution in [2.24, 2.45) is 0 Å². The van der Waals surface area contributed by atoms with Crippen LogP contribution < -0.4 is 0 Å². The molecule has 0 aliphatic heterocycles. The second kappa shape index (κ2) is 32.4. The van der Waals surface area contributed by atoms with Crippen LogP contribution in [0.25, 0.3) is 0 Å². The molecule has 0 saturated heterocycles. The molecular formula is C16H33O5Ti-. The van der Waals surface area contributed by atoms with Gasteiger partial charge in [0.25, 0.3) is 0 Å². The third-order valence-electron chi connectivity index (χ3n) is 1.09. The van der Waals surface area contributed by atoms with Crippen LogP contribution in [0.4, 0.5) is 4.79 Å². The van der Waals surface area contributed by atoms with Crippen molar-refractivity contribution in [1.82, 2.24) is 0 Å². The molecule has 0 heterocycles. The maximum atomic E-state index is 9.38. The quantitative estimate of drug-likeness (QED) is 0.235. The van der Waals surface area contributed by atoms with Crippen molar-refractivity contribution in [2.75, 3.05) is 6.61 Å². The zero-order valence-electron chi connectivity index (χ0n) is 14.8. The number of ether oxygens (including phenoxy) is 1. The van der Waals surface area contributed by atoms with Crippen molar-refractivity contribution in [3.8, 4) is 0 Å². The largest absolute Gasteiger partial charge is 0.505 e. The van der Waals surface area contributed by atoms with Gasteiger partial charge in [-0.15, -0.1) is 0 Å². The molecule has 0 spiro atoms. The molecule has 0 aromatic heterocycles. The van der Waals surface area contributed by atoms with Gasteiger partial charge in [-0.25, -0.2) is 11.4 Å². The Kier molecular flexibility index (Phi) is 48.8. The summed E-state index contributed by atoms with van der Waals surface area (Å²) in [5, 5.41) is 23.8. The van der Waals surface area contributed by atoms with E-state index in [0.29, 0.717) is 0 Å². The summed E-state index contributed by atoms with van der Waals surface area (Å²) in [6.07, 6.45) is 3.86. The molecule has 0 aromatic carbocycles. The molecule has 0 aromatic rings. The molecule has 0 aliphatic rings. The monoisotopic (exact) mass is 353 g/mol. The molecule has 0 rings (SSSR count). The van der Waals surface area contributed by atoms with Crippen LogP contribution in [-0.2, 0) is 26.5 Å². The van der Waals surface area contributed by atoms with Gasteiger partial charge < -0.3 is 25.8 Å². The van der Waals surface area contributed by atoms with E-state index in [0.717, 1.165) is 6.42 Å². The maximum Gasteiger partial charge on any atom is 0.505 e. The Hall–Kier alpha value is -0.576. The third kappa shape index (κ3) is 160. The number of unbranched alkanes of at least 4 members (excludes halogenated alkanes) is 2. The van der Waals surface area contributed by atoms with Gasteiger partial charge in [-0.05, 0) is 34.6 Å². The Morgan fingerprint density at radius 2 is 1.55 bits per heavy atom. The number of rotatable bonds is 4. The summed E-state index contributed by atoms with van der Waals surface area (Å²) >= 11 is 0. The van der Waals surface area contributed by atoms with E-state index in [1.807, 2.05) is 6.08 Å². The van der Waals surface area contributed by atoms with Gasteiger partial charge in [0.05, 0.1) is 6.61 Å². The zero-order valence-corrected chi connectivity index (χ0v) is 16.4. The van der Waals surface area contributed by atoms with Gasteiger partial charge in [0, 0.05) is 33.9 Å². The van der Waals surface area contributed by atoms with Gasteiger partial charge in [0.15, 0.2) is 0 Å². The topological polar surface area (TPSA) is 87.0 Å². The summed E-state index contributed by atoms with van der Waals surface area (Å²) in [4.78, 5) is 9.38. The van der Waals surface area contributed by atoms with Crippen LogP contribution in [-0.4, -0.2) is 40.3 Å². The Bertz CT molecular complexity index is 225. The van der Waals surface area contributed by atoms with E-state index >= 15 is 0 Å². The maximum absolute atomic E-state index is 9.38. The van der Waals surface area contributed by atoms with Gasteiger partial charge in [-0.2, -0.15) is 6.08 Å². The molecule has 132 valence electrons. The summed E-state index contributed by atoms with van der Waals surface area (Å²) in [7, 11) is 0. The average molecular weight is 353 g/mol. The summed E-state index contributed by atoms with van der Waals surface area (Å²) < 4.78 is 3.96. The molecule has 0 bridgehead atoms. The molecule has 0 amide bonds. The molecule has 0 radical (unpaired) electrons. The predicted octanol–water partition coefficient (Wildman–Crippen LogP) is 3.79. The van der Waals surface area contributed by atoms with E-state index < -0.39 is 6.16 Å². The number of hydrogen-bond acceptors (Lipinski definition) is 4. The Balaban J connectivity index is -0.0000000593. The SMILES string of the molecule is CC(C)O.CC(C)O.CCOC(=O)O.[CH-]=C=CCCCC.[Ti]. The number of hydrogen-bond donors (Lipinski definition) is 3. The Morgan fingerprint density at radius 3 is 1.68 bits per heavy atom. The fraction of sp³-hybridized carbons (Fsp3) is 0.750. The molecule has 0 saturated carbocycles. The molecular weight excluding hydrogens is 320 g/mol. The minimum atomic E-state index is -1.21. The minimum Gasteiger partial charge on any atom is -0.450 e. The van der Waals surface area contributed by atoms with Crippen LogP contribution in [0.5, 0.6) is 0 Å². The van der Waals surface area contributed by atoms with Gasteiger partial charge in [0.2, 0.25) is 0 Å². The van der Waals surface area contributed by atoms with Crippen LogP contribution in [0, 0.1) is 6.58 Å². The van der Waals surface area contributed by atoms with Crippen LogP contribution in [0.15, 0.2) is 11.8 Å². The molecule has 0 fully saturated rings. The van der Waals surface area contributed by atoms with E-state index in [2.05, 4.69) is 17.4 Å². The van der Waals surface area contributed by atoms with Crippen molar-refractivity contribution in [1.29, 1.82) is 0 Å². The molecule has 22 heavy (non-hydrogen) atoms. The first-order valence-electron chi connectivity index (χ1n) is 7.15. The summed E-state index contributed by atoms with van der Waals surface area (Å²) in [6.45, 7) is 15.9. The van der Waals surface area contributed by atoms with E-state index in [4.69, 9.17) is 21.9 Å². The molecule has 6 heteroatoms. The average Bonchev–Trinajstić information content (AvgIpc) is 2.28. The van der Waals surface area contributed by atoms with E-state index in [-0.39, 0.29) is 40.5 Å². The van der Waals surface area contributed by atoms with E-state index in [1.165, 1.54) is 12.8 Å². The zero-order chi connectivity index (χ0) is 17.7. The van der Waals surface area contributed by atoms with Crippen LogP contribution in [0.2, 0.25) is 0 Å². The second-order valence-corrected chi connectivity index (χ2v) is 4.40. The van der Waals surface area contributed by atoms with Crippen molar-refractivity contribution in [3.05, 3.63) is 18.4 Å². The first-order chi connectivity index (χ1) is 9.65. The first-order valence-corrected chi connectivity index (χ1v) is 7.15. The fourth-order valence-electron chi connectivity index (χ4n) is 0.513. The van der Waals surface area contributed by atoms with Crippen molar-refractivity contribution in [3.63, 3.8) is 0 Å². The van der Waals surface area contributed by atoms with E-state index in [1.54, 1.807) is 34.6 Å². The number of aliphatic hydroxyl groups is 2. The molecule has 0 unspecified atom stereocenters. The van der Waals surface area contributed by atoms with Gasteiger partial charge in [-0.1, -0.05) is 26.2 Å². The molecule has 3 N–H and O–H groups in total. The van der Waals surface area contributed by atoms with Crippen LogP contribution in [0.3, 0.4) is 0 Å². The number of carboxylic acid groups (broad SMARTS) is 1. The second-order valence-electron chi connectivity index (χ2n) is 4.40. The fourth-order valence-corrected chi connectivity index (χ4v) is 0.513. The Labute approximate surface area is 151 Å². The summed E-state index contributed by atoms with van der Waals surface area (Å²) in [5.74, 6) is 0. The summed E-state index contributed by atoms with van der Waals surface area (Å²) in [5.41, 5.74) is 2.48. The normalized spacial score (nSPS) is 7.73. The minimum absolute atomic E-state index is 0. The van der Waals surface area contributed by atoms with Gasteiger partial charge in [0.1, 0.15) is 0 Å². The van der Waals surface area contributed by atoms with Crippen LogP contribution in [0.1, 0.15) is 60.8 Å². The van der Waals surface area contributed by atoms with Crippen molar-refractivity contribution < 1.29 is 46.6 Å². The van der Waals surface area contributed by atoms with Gasteiger partial charge in [-0.3, -0.25) is 0 Å².